The van der Waals surface area contributed by atoms with Gasteiger partial charge in [0.05, 0.1) is 0 Å². The first kappa shape index (κ1) is 7.58. The molecule has 56 valence electrons. The van der Waals surface area contributed by atoms with Gasteiger partial charge in [0, 0.05) is 5.57 Å². The van der Waals surface area contributed by atoms with Gasteiger partial charge in [-0.05, 0) is 24.6 Å². The van der Waals surface area contributed by atoms with Crippen molar-refractivity contribution < 1.29 is 9.90 Å². The number of aromatic hydroxyl groups is 1. The van der Waals surface area contributed by atoms with E-state index in [-0.39, 0.29) is 5.75 Å². The Labute approximate surface area is 64.8 Å². The largest absolute Gasteiger partial charge is 0.508 e. The summed E-state index contributed by atoms with van der Waals surface area (Å²) in [6.07, 6.45) is 0. The smallest absolute Gasteiger partial charge is 0.128 e. The third-order valence-electron chi connectivity index (χ3n) is 1.45. The highest BCUT2D eigenvalue weighted by Gasteiger charge is 1.94. The number of phenols is 1. The summed E-state index contributed by atoms with van der Waals surface area (Å²) < 4.78 is 0. The van der Waals surface area contributed by atoms with E-state index in [0.29, 0.717) is 5.57 Å². The quantitative estimate of drug-likeness (QED) is 0.614. The molecule has 1 rings (SSSR count). The molecule has 0 aliphatic heterocycles. The van der Waals surface area contributed by atoms with E-state index < -0.39 is 0 Å². The molecule has 11 heavy (non-hydrogen) atoms. The van der Waals surface area contributed by atoms with E-state index in [4.69, 9.17) is 5.11 Å². The third-order valence-corrected chi connectivity index (χ3v) is 1.45. The van der Waals surface area contributed by atoms with E-state index in [1.54, 1.807) is 25.0 Å². The Morgan fingerprint density at radius 3 is 2.36 bits per heavy atom. The second kappa shape index (κ2) is 3.04. The zero-order chi connectivity index (χ0) is 8.27. The van der Waals surface area contributed by atoms with Crippen molar-refractivity contribution in [2.45, 2.75) is 6.92 Å². The monoisotopic (exact) mass is 148 g/mol. The van der Waals surface area contributed by atoms with Crippen molar-refractivity contribution in [1.82, 2.24) is 0 Å². The molecule has 0 aromatic heterocycles. The van der Waals surface area contributed by atoms with Gasteiger partial charge in [-0.3, -0.25) is 0 Å². The first-order valence-electron chi connectivity index (χ1n) is 3.25. The van der Waals surface area contributed by atoms with Crippen LogP contribution in [0.2, 0.25) is 0 Å². The lowest BCUT2D eigenvalue weighted by Gasteiger charge is -1.95. The normalized spacial score (nSPS) is 8.82. The Kier molecular flexibility index (Phi) is 2.09. The number of carbonyl (C=O) groups excluding carboxylic acids is 1. The number of benzene rings is 1. The lowest BCUT2D eigenvalue weighted by molar-refractivity contribution is 0.475. The fourth-order valence-electron chi connectivity index (χ4n) is 0.770. The Balaban J connectivity index is 3.08. The van der Waals surface area contributed by atoms with Crippen molar-refractivity contribution in [3.05, 3.63) is 29.8 Å². The van der Waals surface area contributed by atoms with Crippen molar-refractivity contribution in [3.8, 4) is 5.75 Å². The number of rotatable bonds is 1. The molecule has 2 nitrogen and oxygen atoms in total. The van der Waals surface area contributed by atoms with Crippen LogP contribution in [-0.2, 0) is 4.79 Å². The van der Waals surface area contributed by atoms with Crippen molar-refractivity contribution in [1.29, 1.82) is 0 Å². The molecule has 0 fully saturated rings. The van der Waals surface area contributed by atoms with Gasteiger partial charge in [-0.2, -0.15) is 0 Å². The van der Waals surface area contributed by atoms with Gasteiger partial charge in [-0.1, -0.05) is 12.1 Å². The van der Waals surface area contributed by atoms with Gasteiger partial charge in [0.15, 0.2) is 0 Å². The number of hydrogen-bond acceptors (Lipinski definition) is 2. The number of allylic oxidation sites excluding steroid dienone is 1. The second-order valence-corrected chi connectivity index (χ2v) is 2.27. The molecule has 0 saturated carbocycles. The molecule has 1 aromatic rings. The van der Waals surface area contributed by atoms with Gasteiger partial charge >= 0.3 is 0 Å². The minimum absolute atomic E-state index is 0.201. The van der Waals surface area contributed by atoms with Crippen LogP contribution in [0.3, 0.4) is 0 Å². The highest BCUT2D eigenvalue weighted by Crippen LogP contribution is 2.14. The number of hydrogen-bond donors (Lipinski definition) is 1. The molecule has 1 N–H and O–H groups in total. The van der Waals surface area contributed by atoms with Crippen LogP contribution in [-0.4, -0.2) is 11.0 Å². The van der Waals surface area contributed by atoms with E-state index in [1.807, 2.05) is 0 Å². The Morgan fingerprint density at radius 1 is 1.36 bits per heavy atom. The van der Waals surface area contributed by atoms with E-state index >= 15 is 0 Å². The zero-order valence-corrected chi connectivity index (χ0v) is 6.16. The standard InChI is InChI=1S/C9H8O2/c1-7(6-10)8-2-4-9(11)5-3-8/h2-5,11H,1H3. The van der Waals surface area contributed by atoms with Gasteiger partial charge in [-0.25, -0.2) is 4.79 Å². The lowest BCUT2D eigenvalue weighted by atomic mass is 10.1. The van der Waals surface area contributed by atoms with Crippen LogP contribution >= 0.6 is 0 Å². The van der Waals surface area contributed by atoms with E-state index in [9.17, 15) is 4.79 Å². The topological polar surface area (TPSA) is 37.3 Å². The van der Waals surface area contributed by atoms with Gasteiger partial charge < -0.3 is 5.11 Å². The summed E-state index contributed by atoms with van der Waals surface area (Å²) >= 11 is 0. The minimum Gasteiger partial charge on any atom is -0.508 e. The summed E-state index contributed by atoms with van der Waals surface area (Å²) in [5, 5.41) is 8.90. The highest BCUT2D eigenvalue weighted by molar-refractivity contribution is 5.86. The first-order valence-corrected chi connectivity index (χ1v) is 3.25. The maximum Gasteiger partial charge on any atom is 0.128 e. The van der Waals surface area contributed by atoms with Gasteiger partial charge in [-0.15, -0.1) is 0 Å². The Bertz CT molecular complexity index is 292. The highest BCUT2D eigenvalue weighted by atomic mass is 16.3. The third kappa shape index (κ3) is 1.69. The first-order chi connectivity index (χ1) is 5.24. The van der Waals surface area contributed by atoms with Crippen LogP contribution in [0, 0.1) is 0 Å². The van der Waals surface area contributed by atoms with E-state index in [2.05, 4.69) is 0 Å². The molecular formula is C9H8O2. The van der Waals surface area contributed by atoms with Crippen molar-refractivity contribution in [2.75, 3.05) is 0 Å². The van der Waals surface area contributed by atoms with Crippen molar-refractivity contribution >= 4 is 11.5 Å². The molecule has 2 heteroatoms. The van der Waals surface area contributed by atoms with Crippen molar-refractivity contribution in [2.24, 2.45) is 0 Å². The zero-order valence-electron chi connectivity index (χ0n) is 6.16. The molecule has 0 amide bonds. The second-order valence-electron chi connectivity index (χ2n) is 2.27. The molecule has 0 radical (unpaired) electrons. The van der Waals surface area contributed by atoms with Crippen LogP contribution < -0.4 is 0 Å². The minimum atomic E-state index is 0.201. The molecule has 1 aromatic carbocycles. The molecular weight excluding hydrogens is 140 g/mol. The summed E-state index contributed by atoms with van der Waals surface area (Å²) in [6, 6.07) is 6.43. The van der Waals surface area contributed by atoms with Crippen LogP contribution in [0.25, 0.3) is 5.57 Å². The predicted molar refractivity (Wildman–Crippen MR) is 42.9 cm³/mol. The van der Waals surface area contributed by atoms with Crippen LogP contribution in [0.5, 0.6) is 5.75 Å². The molecule has 0 bridgehead atoms. The Morgan fingerprint density at radius 2 is 1.91 bits per heavy atom. The fraction of sp³-hybridized carbons (Fsp3) is 0.111. The summed E-state index contributed by atoms with van der Waals surface area (Å²) in [7, 11) is 0. The predicted octanol–water partition coefficient (Wildman–Crippen LogP) is 1.63. The molecule has 0 aliphatic carbocycles. The average molecular weight is 148 g/mol. The van der Waals surface area contributed by atoms with Crippen LogP contribution in [0.1, 0.15) is 12.5 Å². The lowest BCUT2D eigenvalue weighted by Crippen LogP contribution is -1.77. The van der Waals surface area contributed by atoms with Gasteiger partial charge in [0.2, 0.25) is 0 Å². The summed E-state index contributed by atoms with van der Waals surface area (Å²) in [5.74, 6) is 1.99. The Hall–Kier alpha value is -1.53. The van der Waals surface area contributed by atoms with Gasteiger partial charge in [0.25, 0.3) is 0 Å². The van der Waals surface area contributed by atoms with E-state index in [1.165, 1.54) is 12.1 Å². The van der Waals surface area contributed by atoms with Gasteiger partial charge in [0.1, 0.15) is 11.7 Å². The van der Waals surface area contributed by atoms with Crippen LogP contribution in [0.15, 0.2) is 24.3 Å². The summed E-state index contributed by atoms with van der Waals surface area (Å²) in [6.45, 7) is 1.68. The molecule has 0 saturated heterocycles. The molecule has 0 aliphatic rings. The number of phenolic OH excluding ortho intramolecular Hbond substituents is 1. The molecule has 0 heterocycles. The summed E-state index contributed by atoms with van der Waals surface area (Å²) in [5.41, 5.74) is 1.34. The maximum atomic E-state index is 10.2. The maximum absolute atomic E-state index is 10.2. The van der Waals surface area contributed by atoms with E-state index in [0.717, 1.165) is 5.56 Å². The fourth-order valence-corrected chi connectivity index (χ4v) is 0.770. The summed E-state index contributed by atoms with van der Waals surface area (Å²) in [4.78, 5) is 10.2. The average Bonchev–Trinajstić information content (AvgIpc) is 2.05. The van der Waals surface area contributed by atoms with Crippen LogP contribution in [0.4, 0.5) is 0 Å². The van der Waals surface area contributed by atoms with Crippen molar-refractivity contribution in [3.63, 3.8) is 0 Å². The SMILES string of the molecule is CC(=C=O)c1ccc(O)cc1. The molecule has 0 spiro atoms. The molecule has 0 unspecified atom stereocenters. The molecule has 0 atom stereocenters.